The standard InChI is InChI=1S/C18H21ClO7/c1-9-12(17(21)22)14(20)13(19)16-15(9)26-11(8-23-16)10-2-4-18(5-3-10)24-6-7-25-18/h10-11,20H,2-8H2,1H3,(H,21,22)/t11-/m1/s1. The Balaban J connectivity index is 1.55. The molecule has 2 aliphatic heterocycles. The predicted octanol–water partition coefficient (Wildman–Crippen LogP) is 3.13. The highest BCUT2D eigenvalue weighted by atomic mass is 35.5. The van der Waals surface area contributed by atoms with Gasteiger partial charge in [-0.3, -0.25) is 0 Å². The van der Waals surface area contributed by atoms with Gasteiger partial charge in [0, 0.05) is 18.4 Å². The first-order valence-corrected chi connectivity index (χ1v) is 9.15. The number of benzene rings is 1. The van der Waals surface area contributed by atoms with Crippen molar-refractivity contribution in [3.8, 4) is 17.2 Å². The Bertz CT molecular complexity index is 732. The molecule has 0 bridgehead atoms. The molecular formula is C18H21ClO7. The maximum Gasteiger partial charge on any atom is 0.339 e. The minimum Gasteiger partial charge on any atom is -0.505 e. The van der Waals surface area contributed by atoms with Crippen molar-refractivity contribution < 1.29 is 34.0 Å². The fraction of sp³-hybridized carbons (Fsp3) is 0.611. The average molecular weight is 385 g/mol. The smallest absolute Gasteiger partial charge is 0.339 e. The number of phenols is 1. The number of hydrogen-bond donors (Lipinski definition) is 2. The van der Waals surface area contributed by atoms with Crippen molar-refractivity contribution in [2.45, 2.75) is 44.5 Å². The molecule has 8 heteroatoms. The molecule has 2 heterocycles. The third-order valence-electron chi connectivity index (χ3n) is 5.57. The van der Waals surface area contributed by atoms with E-state index in [1.165, 1.54) is 0 Å². The number of ether oxygens (including phenoxy) is 4. The molecule has 1 spiro atoms. The summed E-state index contributed by atoms with van der Waals surface area (Å²) in [5.74, 6) is -1.43. The zero-order valence-electron chi connectivity index (χ0n) is 14.4. The molecule has 1 aromatic rings. The third kappa shape index (κ3) is 2.78. The van der Waals surface area contributed by atoms with Gasteiger partial charge in [0.05, 0.1) is 13.2 Å². The normalized spacial score (nSPS) is 24.8. The monoisotopic (exact) mass is 384 g/mol. The van der Waals surface area contributed by atoms with Crippen LogP contribution >= 0.6 is 11.6 Å². The molecule has 0 unspecified atom stereocenters. The van der Waals surface area contributed by atoms with Crippen LogP contribution in [0.3, 0.4) is 0 Å². The Morgan fingerprint density at radius 2 is 1.85 bits per heavy atom. The summed E-state index contributed by atoms with van der Waals surface area (Å²) in [4.78, 5) is 11.5. The second-order valence-electron chi connectivity index (χ2n) is 7.04. The fourth-order valence-electron chi connectivity index (χ4n) is 4.13. The van der Waals surface area contributed by atoms with Crippen molar-refractivity contribution in [2.24, 2.45) is 5.92 Å². The van der Waals surface area contributed by atoms with Gasteiger partial charge in [0.2, 0.25) is 0 Å². The van der Waals surface area contributed by atoms with Gasteiger partial charge >= 0.3 is 5.97 Å². The topological polar surface area (TPSA) is 94.5 Å². The van der Waals surface area contributed by atoms with Crippen LogP contribution in [-0.4, -0.2) is 47.9 Å². The predicted molar refractivity (Wildman–Crippen MR) is 91.3 cm³/mol. The maximum atomic E-state index is 11.5. The summed E-state index contributed by atoms with van der Waals surface area (Å²) < 4.78 is 23.4. The van der Waals surface area contributed by atoms with Gasteiger partial charge in [-0.2, -0.15) is 0 Å². The zero-order valence-corrected chi connectivity index (χ0v) is 15.2. The van der Waals surface area contributed by atoms with Gasteiger partial charge in [0.15, 0.2) is 23.0 Å². The molecular weight excluding hydrogens is 364 g/mol. The highest BCUT2D eigenvalue weighted by molar-refractivity contribution is 6.34. The van der Waals surface area contributed by atoms with Crippen LogP contribution in [0.1, 0.15) is 41.6 Å². The Morgan fingerprint density at radius 1 is 1.19 bits per heavy atom. The largest absolute Gasteiger partial charge is 0.505 e. The van der Waals surface area contributed by atoms with Crippen LogP contribution in [0.2, 0.25) is 5.02 Å². The molecule has 3 aliphatic rings. The first kappa shape index (κ1) is 17.7. The second kappa shape index (κ2) is 6.48. The minimum absolute atomic E-state index is 0.128. The van der Waals surface area contributed by atoms with Crippen LogP contribution < -0.4 is 9.47 Å². The van der Waals surface area contributed by atoms with E-state index in [0.717, 1.165) is 25.7 Å². The Labute approximate surface area is 155 Å². The van der Waals surface area contributed by atoms with Crippen LogP contribution in [0.4, 0.5) is 0 Å². The fourth-order valence-corrected chi connectivity index (χ4v) is 4.37. The first-order valence-electron chi connectivity index (χ1n) is 8.77. The Morgan fingerprint density at radius 3 is 2.46 bits per heavy atom. The lowest BCUT2D eigenvalue weighted by atomic mass is 9.81. The van der Waals surface area contributed by atoms with Crippen LogP contribution in [0.25, 0.3) is 0 Å². The summed E-state index contributed by atoms with van der Waals surface area (Å²) in [6.45, 7) is 3.16. The SMILES string of the molecule is Cc1c2c(c(Cl)c(O)c1C(=O)O)OC[C@H](C1CCC3(CC1)OCCO3)O2. The molecule has 0 radical (unpaired) electrons. The lowest BCUT2D eigenvalue weighted by Crippen LogP contribution is -2.43. The molecule has 1 saturated carbocycles. The molecule has 142 valence electrons. The number of carboxylic acids is 1. The molecule has 0 aromatic heterocycles. The van der Waals surface area contributed by atoms with E-state index in [4.69, 9.17) is 30.5 Å². The van der Waals surface area contributed by atoms with Crippen molar-refractivity contribution in [1.82, 2.24) is 0 Å². The van der Waals surface area contributed by atoms with Gasteiger partial charge < -0.3 is 29.2 Å². The molecule has 1 aromatic carbocycles. The van der Waals surface area contributed by atoms with Gasteiger partial charge in [-0.25, -0.2) is 4.79 Å². The number of hydrogen-bond acceptors (Lipinski definition) is 6. The van der Waals surface area contributed by atoms with E-state index in [9.17, 15) is 15.0 Å². The van der Waals surface area contributed by atoms with E-state index in [1.807, 2.05) is 0 Å². The summed E-state index contributed by atoms with van der Waals surface area (Å²) in [5, 5.41) is 19.3. The lowest BCUT2D eigenvalue weighted by molar-refractivity contribution is -0.187. The van der Waals surface area contributed by atoms with Gasteiger partial charge in [-0.1, -0.05) is 11.6 Å². The van der Waals surface area contributed by atoms with E-state index < -0.39 is 17.5 Å². The number of halogens is 1. The number of aromatic hydroxyl groups is 1. The number of carbonyl (C=O) groups is 1. The molecule has 4 rings (SSSR count). The molecule has 1 aliphatic carbocycles. The van der Waals surface area contributed by atoms with Crippen LogP contribution in [0.15, 0.2) is 0 Å². The average Bonchev–Trinajstić information content (AvgIpc) is 3.08. The zero-order chi connectivity index (χ0) is 18.5. The van der Waals surface area contributed by atoms with Gasteiger partial charge in [-0.15, -0.1) is 0 Å². The molecule has 2 fully saturated rings. The van der Waals surface area contributed by atoms with Crippen LogP contribution in [-0.2, 0) is 9.47 Å². The van der Waals surface area contributed by atoms with Crippen LogP contribution in [0.5, 0.6) is 17.2 Å². The minimum atomic E-state index is -1.26. The molecule has 26 heavy (non-hydrogen) atoms. The van der Waals surface area contributed by atoms with E-state index in [-0.39, 0.29) is 28.4 Å². The number of rotatable bonds is 2. The van der Waals surface area contributed by atoms with E-state index in [0.29, 0.717) is 31.1 Å². The van der Waals surface area contributed by atoms with Crippen molar-refractivity contribution in [2.75, 3.05) is 19.8 Å². The quantitative estimate of drug-likeness (QED) is 0.808. The summed E-state index contributed by atoms with van der Waals surface area (Å²) in [6.07, 6.45) is 3.15. The third-order valence-corrected chi connectivity index (χ3v) is 5.92. The van der Waals surface area contributed by atoms with Gasteiger partial charge in [-0.05, 0) is 25.7 Å². The van der Waals surface area contributed by atoms with Crippen molar-refractivity contribution in [1.29, 1.82) is 0 Å². The first-order chi connectivity index (χ1) is 12.4. The molecule has 7 nitrogen and oxygen atoms in total. The summed E-state index contributed by atoms with van der Waals surface area (Å²) >= 11 is 6.10. The van der Waals surface area contributed by atoms with E-state index in [2.05, 4.69) is 0 Å². The van der Waals surface area contributed by atoms with Crippen molar-refractivity contribution >= 4 is 17.6 Å². The van der Waals surface area contributed by atoms with Gasteiger partial charge in [0.1, 0.15) is 23.3 Å². The second-order valence-corrected chi connectivity index (χ2v) is 7.42. The van der Waals surface area contributed by atoms with E-state index in [1.54, 1.807) is 6.92 Å². The number of carboxylic acid groups (broad SMARTS) is 1. The number of aromatic carboxylic acids is 1. The van der Waals surface area contributed by atoms with E-state index >= 15 is 0 Å². The maximum absolute atomic E-state index is 11.5. The van der Waals surface area contributed by atoms with Crippen LogP contribution in [0, 0.1) is 12.8 Å². The Hall–Kier alpha value is -1.70. The van der Waals surface area contributed by atoms with Crippen molar-refractivity contribution in [3.63, 3.8) is 0 Å². The molecule has 0 amide bonds. The molecule has 2 N–H and O–H groups in total. The molecule has 1 saturated heterocycles. The highest BCUT2D eigenvalue weighted by Crippen LogP contribution is 2.50. The summed E-state index contributed by atoms with van der Waals surface area (Å²) in [6, 6.07) is 0. The summed E-state index contributed by atoms with van der Waals surface area (Å²) in [7, 11) is 0. The summed E-state index contributed by atoms with van der Waals surface area (Å²) in [5.41, 5.74) is 0.0576. The number of fused-ring (bicyclic) bond motifs is 1. The van der Waals surface area contributed by atoms with Crippen molar-refractivity contribution in [3.05, 3.63) is 16.1 Å². The highest BCUT2D eigenvalue weighted by Gasteiger charge is 2.44. The molecule has 1 atom stereocenters. The lowest BCUT2D eigenvalue weighted by Gasteiger charge is -2.40. The Kier molecular flexibility index (Phi) is 4.41. The van der Waals surface area contributed by atoms with Gasteiger partial charge in [0.25, 0.3) is 0 Å².